The molecular formula is C21H22N4O2. The van der Waals surface area contributed by atoms with Crippen molar-refractivity contribution in [1.29, 1.82) is 0 Å². The van der Waals surface area contributed by atoms with E-state index < -0.39 is 0 Å². The first-order chi connectivity index (χ1) is 13.3. The highest BCUT2D eigenvalue weighted by atomic mass is 16.3. The predicted molar refractivity (Wildman–Crippen MR) is 110 cm³/mol. The van der Waals surface area contributed by atoms with Gasteiger partial charge in [0.05, 0.1) is 18.7 Å². The van der Waals surface area contributed by atoms with E-state index in [1.165, 1.54) is 0 Å². The average molecular weight is 362 g/mol. The minimum atomic E-state index is 0.0518. The molecule has 0 saturated heterocycles. The van der Waals surface area contributed by atoms with Gasteiger partial charge in [-0.1, -0.05) is 0 Å². The van der Waals surface area contributed by atoms with Crippen LogP contribution in [0.3, 0.4) is 0 Å². The highest BCUT2D eigenvalue weighted by Crippen LogP contribution is 2.32. The molecule has 0 spiro atoms. The summed E-state index contributed by atoms with van der Waals surface area (Å²) in [4.78, 5) is 9.64. The Labute approximate surface area is 157 Å². The van der Waals surface area contributed by atoms with Gasteiger partial charge in [0, 0.05) is 58.8 Å². The molecule has 0 atom stereocenters. The first-order valence-electron chi connectivity index (χ1n) is 8.99. The number of hydrogen-bond acceptors (Lipinski definition) is 5. The average Bonchev–Trinajstić information content (AvgIpc) is 3.17. The second-order valence-corrected chi connectivity index (χ2v) is 6.36. The normalized spacial score (nSPS) is 11.2. The van der Waals surface area contributed by atoms with Gasteiger partial charge in [0.25, 0.3) is 0 Å². The van der Waals surface area contributed by atoms with Gasteiger partial charge in [-0.05, 0) is 48.5 Å². The largest absolute Gasteiger partial charge is 0.395 e. The fourth-order valence-electron chi connectivity index (χ4n) is 3.42. The minimum absolute atomic E-state index is 0.0518. The van der Waals surface area contributed by atoms with Crippen molar-refractivity contribution in [2.24, 2.45) is 0 Å². The van der Waals surface area contributed by atoms with Gasteiger partial charge in [-0.15, -0.1) is 0 Å². The maximum atomic E-state index is 9.20. The number of nitrogens with zero attached hydrogens (tertiary/aromatic N) is 2. The van der Waals surface area contributed by atoms with Crippen molar-refractivity contribution in [1.82, 2.24) is 9.97 Å². The molecule has 6 nitrogen and oxygen atoms in total. The number of nitrogens with one attached hydrogen (secondary N) is 2. The zero-order valence-corrected chi connectivity index (χ0v) is 14.9. The van der Waals surface area contributed by atoms with Gasteiger partial charge in [-0.2, -0.15) is 0 Å². The van der Waals surface area contributed by atoms with Crippen molar-refractivity contribution in [3.8, 4) is 0 Å². The van der Waals surface area contributed by atoms with Gasteiger partial charge in [-0.3, -0.25) is 4.98 Å². The number of benzene rings is 2. The molecular weight excluding hydrogens is 340 g/mol. The van der Waals surface area contributed by atoms with Crippen molar-refractivity contribution >= 4 is 38.9 Å². The molecule has 0 amide bonds. The number of aromatic nitrogens is 2. The summed E-state index contributed by atoms with van der Waals surface area (Å²) < 4.78 is 0. The van der Waals surface area contributed by atoms with Gasteiger partial charge in [-0.25, -0.2) is 0 Å². The Hall–Kier alpha value is -3.09. The lowest BCUT2D eigenvalue weighted by Gasteiger charge is -2.23. The number of aromatic amines is 1. The summed E-state index contributed by atoms with van der Waals surface area (Å²) in [7, 11) is 0. The second kappa shape index (κ2) is 7.65. The Bertz CT molecular complexity index is 1040. The monoisotopic (exact) mass is 362 g/mol. The summed E-state index contributed by atoms with van der Waals surface area (Å²) in [6.45, 7) is 1.09. The van der Waals surface area contributed by atoms with E-state index in [1.54, 1.807) is 0 Å². The maximum absolute atomic E-state index is 9.20. The molecule has 4 rings (SSSR count). The fourth-order valence-corrected chi connectivity index (χ4v) is 3.42. The van der Waals surface area contributed by atoms with E-state index in [9.17, 15) is 10.2 Å². The molecule has 0 aliphatic heterocycles. The Kier molecular flexibility index (Phi) is 4.91. The highest BCUT2D eigenvalue weighted by molar-refractivity contribution is 6.11. The second-order valence-electron chi connectivity index (χ2n) is 6.36. The third-order valence-corrected chi connectivity index (χ3v) is 4.69. The number of aliphatic hydroxyl groups is 2. The predicted octanol–water partition coefficient (Wildman–Crippen LogP) is 3.25. The van der Waals surface area contributed by atoms with Crippen LogP contribution in [0.5, 0.6) is 0 Å². The first-order valence-corrected chi connectivity index (χ1v) is 8.99. The summed E-state index contributed by atoms with van der Waals surface area (Å²) in [6, 6.07) is 16.1. The van der Waals surface area contributed by atoms with E-state index in [2.05, 4.69) is 15.3 Å². The molecule has 0 unspecified atom stereocenters. The Morgan fingerprint density at radius 1 is 0.926 bits per heavy atom. The summed E-state index contributed by atoms with van der Waals surface area (Å²) in [5.74, 6) is 0. The number of rotatable bonds is 7. The van der Waals surface area contributed by atoms with Crippen LogP contribution in [0.2, 0.25) is 0 Å². The summed E-state index contributed by atoms with van der Waals surface area (Å²) >= 11 is 0. The van der Waals surface area contributed by atoms with Crippen LogP contribution in [0.4, 0.5) is 17.1 Å². The Morgan fingerprint density at radius 3 is 2.44 bits per heavy atom. The number of pyridine rings is 1. The van der Waals surface area contributed by atoms with E-state index in [1.807, 2.05) is 65.8 Å². The third kappa shape index (κ3) is 3.45. The number of anilines is 3. The number of fused-ring (bicyclic) bond motifs is 3. The Balaban J connectivity index is 1.65. The van der Waals surface area contributed by atoms with Gasteiger partial charge in [0.15, 0.2) is 0 Å². The lowest BCUT2D eigenvalue weighted by Crippen LogP contribution is -2.29. The van der Waals surface area contributed by atoms with E-state index in [-0.39, 0.29) is 13.2 Å². The molecule has 2 aromatic heterocycles. The molecule has 0 fully saturated rings. The molecule has 0 aliphatic carbocycles. The van der Waals surface area contributed by atoms with E-state index in [0.29, 0.717) is 13.1 Å². The van der Waals surface area contributed by atoms with Crippen molar-refractivity contribution in [2.75, 3.05) is 36.5 Å². The van der Waals surface area contributed by atoms with Gasteiger partial charge in [0.2, 0.25) is 0 Å². The lowest BCUT2D eigenvalue weighted by molar-refractivity contribution is 0.281. The minimum Gasteiger partial charge on any atom is -0.395 e. The van der Waals surface area contributed by atoms with Gasteiger partial charge in [0.1, 0.15) is 0 Å². The van der Waals surface area contributed by atoms with Crippen LogP contribution in [0, 0.1) is 0 Å². The van der Waals surface area contributed by atoms with Crippen LogP contribution in [0.25, 0.3) is 21.8 Å². The molecule has 6 heteroatoms. The summed E-state index contributed by atoms with van der Waals surface area (Å²) in [5, 5.41) is 24.1. The smallest absolute Gasteiger partial charge is 0.0710 e. The summed E-state index contributed by atoms with van der Waals surface area (Å²) in [6.07, 6.45) is 3.75. The molecule has 4 N–H and O–H groups in total. The van der Waals surface area contributed by atoms with Crippen LogP contribution in [-0.4, -0.2) is 46.5 Å². The van der Waals surface area contributed by atoms with Gasteiger partial charge < -0.3 is 25.4 Å². The number of aliphatic hydroxyl groups excluding tert-OH is 2. The topological polar surface area (TPSA) is 84.4 Å². The van der Waals surface area contributed by atoms with E-state index in [4.69, 9.17) is 0 Å². The fraction of sp³-hybridized carbons (Fsp3) is 0.190. The molecule has 138 valence electrons. The number of hydrogen-bond donors (Lipinski definition) is 4. The molecule has 2 heterocycles. The molecule has 4 aromatic rings. The third-order valence-electron chi connectivity index (χ3n) is 4.69. The van der Waals surface area contributed by atoms with E-state index in [0.717, 1.165) is 38.9 Å². The van der Waals surface area contributed by atoms with Crippen molar-refractivity contribution in [3.05, 3.63) is 60.9 Å². The zero-order valence-electron chi connectivity index (χ0n) is 14.9. The van der Waals surface area contributed by atoms with Crippen LogP contribution in [-0.2, 0) is 0 Å². The molecule has 27 heavy (non-hydrogen) atoms. The molecule has 0 radical (unpaired) electrons. The van der Waals surface area contributed by atoms with Crippen LogP contribution in [0.1, 0.15) is 0 Å². The SMILES string of the molecule is OCCN(CCO)c1ccc(Nc2cc[nH]c3ccc4nccc4c23)cc1. The molecule has 0 saturated carbocycles. The molecule has 2 aromatic carbocycles. The van der Waals surface area contributed by atoms with Crippen molar-refractivity contribution < 1.29 is 10.2 Å². The summed E-state index contributed by atoms with van der Waals surface area (Å²) in [5.41, 5.74) is 4.98. The maximum Gasteiger partial charge on any atom is 0.0710 e. The van der Waals surface area contributed by atoms with Crippen molar-refractivity contribution in [3.63, 3.8) is 0 Å². The molecule has 0 aliphatic rings. The Morgan fingerprint density at radius 2 is 1.70 bits per heavy atom. The lowest BCUT2D eigenvalue weighted by atomic mass is 10.1. The quantitative estimate of drug-likeness (QED) is 0.406. The van der Waals surface area contributed by atoms with E-state index >= 15 is 0 Å². The number of H-pyrrole nitrogens is 1. The van der Waals surface area contributed by atoms with Gasteiger partial charge >= 0.3 is 0 Å². The molecule has 0 bridgehead atoms. The van der Waals surface area contributed by atoms with Crippen LogP contribution >= 0.6 is 0 Å². The standard InChI is InChI=1S/C21H22N4O2/c26-13-11-25(12-14-27)16-3-1-15(2-4-16)24-20-8-10-23-19-6-5-18-17(21(19)20)7-9-22-18/h1-10,23-24,26-27H,11-14H2. The van der Waals surface area contributed by atoms with Crippen LogP contribution < -0.4 is 10.2 Å². The van der Waals surface area contributed by atoms with Crippen LogP contribution in [0.15, 0.2) is 60.9 Å². The highest BCUT2D eigenvalue weighted by Gasteiger charge is 2.09. The van der Waals surface area contributed by atoms with Crippen molar-refractivity contribution in [2.45, 2.75) is 0 Å². The zero-order chi connectivity index (χ0) is 18.6. The first kappa shape index (κ1) is 17.3.